The molecule has 4 aromatic rings. The third kappa shape index (κ3) is 2.93. The van der Waals surface area contributed by atoms with E-state index < -0.39 is 5.97 Å². The third-order valence-electron chi connectivity index (χ3n) is 4.06. The van der Waals surface area contributed by atoms with E-state index in [-0.39, 0.29) is 17.9 Å². The van der Waals surface area contributed by atoms with Crippen LogP contribution >= 0.6 is 0 Å². The average molecular weight is 358 g/mol. The van der Waals surface area contributed by atoms with Crippen LogP contribution in [0.2, 0.25) is 0 Å². The van der Waals surface area contributed by atoms with Gasteiger partial charge in [-0.15, -0.1) is 0 Å². The van der Waals surface area contributed by atoms with Crippen LogP contribution in [0.5, 0.6) is 0 Å². The smallest absolute Gasteiger partial charge is 0.357 e. The summed E-state index contributed by atoms with van der Waals surface area (Å²) in [5.74, 6) is -0.0895. The third-order valence-corrected chi connectivity index (χ3v) is 4.06. The number of nitrogens with one attached hydrogen (secondary N) is 1. The van der Waals surface area contributed by atoms with Crippen molar-refractivity contribution in [2.45, 2.75) is 6.92 Å². The molecule has 0 amide bonds. The first kappa shape index (κ1) is 16.5. The Labute approximate surface area is 154 Å². The van der Waals surface area contributed by atoms with Crippen LogP contribution in [-0.4, -0.2) is 27.8 Å². The molecule has 0 fully saturated rings. The van der Waals surface area contributed by atoms with E-state index in [2.05, 4.69) is 15.2 Å². The molecule has 0 radical (unpaired) electrons. The number of rotatable bonds is 4. The topological polar surface area (TPSA) is 105 Å². The number of benzene rings is 2. The second-order valence-corrected chi connectivity index (χ2v) is 5.72. The van der Waals surface area contributed by atoms with Gasteiger partial charge < -0.3 is 9.15 Å². The molecule has 7 heteroatoms. The predicted molar refractivity (Wildman–Crippen MR) is 97.7 cm³/mol. The van der Waals surface area contributed by atoms with E-state index in [0.717, 1.165) is 16.7 Å². The summed E-state index contributed by atoms with van der Waals surface area (Å²) in [6.07, 6.45) is 0. The van der Waals surface area contributed by atoms with Crippen molar-refractivity contribution in [1.82, 2.24) is 15.2 Å². The van der Waals surface area contributed by atoms with E-state index >= 15 is 0 Å². The lowest BCUT2D eigenvalue weighted by Crippen LogP contribution is -2.06. The molecular weight excluding hydrogens is 344 g/mol. The molecule has 0 unspecified atom stereocenters. The quantitative estimate of drug-likeness (QED) is 0.554. The SMILES string of the molecule is CCOC(=O)c1[nH]nc(-c2ccc(-c3nc4ccccc4o3)cc2)c1C#N. The van der Waals surface area contributed by atoms with E-state index in [9.17, 15) is 10.1 Å². The molecule has 0 spiro atoms. The summed E-state index contributed by atoms with van der Waals surface area (Å²) in [5.41, 5.74) is 3.60. The summed E-state index contributed by atoms with van der Waals surface area (Å²) in [6.45, 7) is 1.92. The van der Waals surface area contributed by atoms with Gasteiger partial charge in [-0.3, -0.25) is 5.10 Å². The van der Waals surface area contributed by atoms with Crippen molar-refractivity contribution in [2.24, 2.45) is 0 Å². The van der Waals surface area contributed by atoms with Crippen LogP contribution in [0.1, 0.15) is 23.0 Å². The fraction of sp³-hybridized carbons (Fsp3) is 0.100. The minimum Gasteiger partial charge on any atom is -0.461 e. The first-order chi connectivity index (χ1) is 13.2. The van der Waals surface area contributed by atoms with E-state index in [4.69, 9.17) is 9.15 Å². The minimum absolute atomic E-state index is 0.0531. The Hall–Kier alpha value is -3.92. The Morgan fingerprint density at radius 1 is 1.19 bits per heavy atom. The van der Waals surface area contributed by atoms with Gasteiger partial charge in [-0.25, -0.2) is 9.78 Å². The zero-order valence-corrected chi connectivity index (χ0v) is 14.4. The fourth-order valence-electron chi connectivity index (χ4n) is 2.78. The van der Waals surface area contributed by atoms with Gasteiger partial charge in [-0.2, -0.15) is 10.4 Å². The van der Waals surface area contributed by atoms with Gasteiger partial charge in [0.2, 0.25) is 5.89 Å². The number of ether oxygens (including phenoxy) is 1. The van der Waals surface area contributed by atoms with E-state index in [1.807, 2.05) is 42.5 Å². The van der Waals surface area contributed by atoms with Gasteiger partial charge in [-0.05, 0) is 31.2 Å². The molecule has 0 saturated heterocycles. The van der Waals surface area contributed by atoms with Crippen molar-refractivity contribution < 1.29 is 13.9 Å². The molecule has 0 aliphatic heterocycles. The molecular formula is C20H14N4O3. The number of hydrogen-bond donors (Lipinski definition) is 1. The summed E-state index contributed by atoms with van der Waals surface area (Å²) in [7, 11) is 0. The van der Waals surface area contributed by atoms with Gasteiger partial charge in [0, 0.05) is 11.1 Å². The van der Waals surface area contributed by atoms with Gasteiger partial charge in [0.05, 0.1) is 6.61 Å². The molecule has 27 heavy (non-hydrogen) atoms. The predicted octanol–water partition coefficient (Wildman–Crippen LogP) is 3.93. The van der Waals surface area contributed by atoms with Gasteiger partial charge in [0.1, 0.15) is 22.8 Å². The molecule has 0 saturated carbocycles. The lowest BCUT2D eigenvalue weighted by molar-refractivity contribution is 0.0519. The second kappa shape index (κ2) is 6.77. The normalized spacial score (nSPS) is 10.7. The molecule has 0 aliphatic rings. The number of aromatic nitrogens is 3. The zero-order valence-electron chi connectivity index (χ0n) is 14.4. The van der Waals surface area contributed by atoms with Crippen molar-refractivity contribution in [3.63, 3.8) is 0 Å². The number of nitrogens with zero attached hydrogens (tertiary/aromatic N) is 3. The summed E-state index contributed by atoms with van der Waals surface area (Å²) in [5, 5.41) is 16.1. The van der Waals surface area contributed by atoms with Crippen molar-refractivity contribution in [1.29, 1.82) is 5.26 Å². The van der Waals surface area contributed by atoms with Crippen molar-refractivity contribution in [3.8, 4) is 28.8 Å². The van der Waals surface area contributed by atoms with Crippen LogP contribution in [0.4, 0.5) is 0 Å². The molecule has 0 aliphatic carbocycles. The Balaban J connectivity index is 1.68. The molecule has 0 bridgehead atoms. The largest absolute Gasteiger partial charge is 0.461 e. The second-order valence-electron chi connectivity index (χ2n) is 5.72. The zero-order chi connectivity index (χ0) is 18.8. The number of nitriles is 1. The number of carbonyl (C=O) groups is 1. The molecule has 132 valence electrons. The van der Waals surface area contributed by atoms with Crippen LogP contribution in [0.15, 0.2) is 52.9 Å². The maximum Gasteiger partial charge on any atom is 0.357 e. The highest BCUT2D eigenvalue weighted by Gasteiger charge is 2.21. The maximum absolute atomic E-state index is 11.9. The summed E-state index contributed by atoms with van der Waals surface area (Å²) in [4.78, 5) is 16.4. The minimum atomic E-state index is -0.601. The van der Waals surface area contributed by atoms with Crippen molar-refractivity contribution in [3.05, 3.63) is 59.8 Å². The van der Waals surface area contributed by atoms with E-state index in [0.29, 0.717) is 17.1 Å². The van der Waals surface area contributed by atoms with E-state index in [1.165, 1.54) is 0 Å². The highest BCUT2D eigenvalue weighted by molar-refractivity contribution is 5.92. The van der Waals surface area contributed by atoms with Gasteiger partial charge >= 0.3 is 5.97 Å². The average Bonchev–Trinajstić information content (AvgIpc) is 3.32. The van der Waals surface area contributed by atoms with Crippen molar-refractivity contribution >= 4 is 17.1 Å². The van der Waals surface area contributed by atoms with Gasteiger partial charge in [0.15, 0.2) is 11.3 Å². The number of carbonyl (C=O) groups excluding carboxylic acids is 1. The molecule has 1 N–H and O–H groups in total. The first-order valence-electron chi connectivity index (χ1n) is 8.33. The van der Waals surface area contributed by atoms with Crippen LogP contribution in [0, 0.1) is 11.3 Å². The summed E-state index contributed by atoms with van der Waals surface area (Å²) in [6, 6.07) is 16.8. The van der Waals surface area contributed by atoms with Gasteiger partial charge in [-0.1, -0.05) is 24.3 Å². The Bertz CT molecular complexity index is 1130. The number of fused-ring (bicyclic) bond motifs is 1. The molecule has 2 heterocycles. The lowest BCUT2D eigenvalue weighted by Gasteiger charge is -2.01. The highest BCUT2D eigenvalue weighted by atomic mass is 16.5. The summed E-state index contributed by atoms with van der Waals surface area (Å²) >= 11 is 0. The molecule has 2 aromatic heterocycles. The number of aromatic amines is 1. The summed E-state index contributed by atoms with van der Waals surface area (Å²) < 4.78 is 10.7. The lowest BCUT2D eigenvalue weighted by atomic mass is 10.0. The number of oxazole rings is 1. The number of esters is 1. The molecule has 2 aromatic carbocycles. The number of H-pyrrole nitrogens is 1. The van der Waals surface area contributed by atoms with Crippen LogP contribution in [-0.2, 0) is 4.74 Å². The van der Waals surface area contributed by atoms with Gasteiger partial charge in [0.25, 0.3) is 0 Å². The molecule has 7 nitrogen and oxygen atoms in total. The molecule has 0 atom stereocenters. The van der Waals surface area contributed by atoms with Crippen molar-refractivity contribution in [2.75, 3.05) is 6.61 Å². The van der Waals surface area contributed by atoms with Crippen LogP contribution in [0.3, 0.4) is 0 Å². The standard InChI is InChI=1S/C20H14N4O3/c1-2-26-20(25)18-14(11-21)17(23-24-18)12-7-9-13(10-8-12)19-22-15-5-3-4-6-16(15)27-19/h3-10H,2H2,1H3,(H,23,24). The van der Waals surface area contributed by atoms with Crippen LogP contribution < -0.4 is 0 Å². The Morgan fingerprint density at radius 3 is 2.63 bits per heavy atom. The van der Waals surface area contributed by atoms with Crippen LogP contribution in [0.25, 0.3) is 33.8 Å². The molecule has 4 rings (SSSR count). The Kier molecular flexibility index (Phi) is 4.15. The monoisotopic (exact) mass is 358 g/mol. The highest BCUT2D eigenvalue weighted by Crippen LogP contribution is 2.28. The van der Waals surface area contributed by atoms with E-state index in [1.54, 1.807) is 19.1 Å². The Morgan fingerprint density at radius 2 is 1.93 bits per heavy atom. The fourth-order valence-corrected chi connectivity index (χ4v) is 2.78. The number of para-hydroxylation sites is 2. The first-order valence-corrected chi connectivity index (χ1v) is 8.33. The maximum atomic E-state index is 11.9. The number of hydrogen-bond acceptors (Lipinski definition) is 6.